The first kappa shape index (κ1) is 32.3. The molecular formula is C22H42N2O10. The molecule has 12 heteroatoms. The van der Waals surface area contributed by atoms with Gasteiger partial charge in [0.25, 0.3) is 0 Å². The van der Waals surface area contributed by atoms with Crippen molar-refractivity contribution in [1.82, 2.24) is 5.32 Å². The van der Waals surface area contributed by atoms with Gasteiger partial charge in [-0.15, -0.1) is 0 Å². The summed E-state index contributed by atoms with van der Waals surface area (Å²) in [6.07, 6.45) is 1.45. The number of ether oxygens (including phenoxy) is 7. The molecule has 200 valence electrons. The lowest BCUT2D eigenvalue weighted by Crippen LogP contribution is -2.37. The van der Waals surface area contributed by atoms with Gasteiger partial charge in [-0.25, -0.2) is 0 Å². The summed E-state index contributed by atoms with van der Waals surface area (Å²) in [6.45, 7) is 3.91. The number of methoxy groups -OCH3 is 4. The second-order valence-corrected chi connectivity index (χ2v) is 7.40. The van der Waals surface area contributed by atoms with E-state index in [1.807, 2.05) is 0 Å². The van der Waals surface area contributed by atoms with Gasteiger partial charge in [0, 0.05) is 41.9 Å². The van der Waals surface area contributed by atoms with Gasteiger partial charge in [0.2, 0.25) is 5.91 Å². The van der Waals surface area contributed by atoms with Gasteiger partial charge in [0.1, 0.15) is 37.7 Å². The number of Topliss-reactive ketones (excluding diaryl/α,β-unsaturated/α-hetero) is 1. The highest BCUT2D eigenvalue weighted by Crippen LogP contribution is 2.04. The third-order valence-electron chi connectivity index (χ3n) is 4.19. The zero-order valence-electron chi connectivity index (χ0n) is 21.1. The Morgan fingerprint density at radius 3 is 1.74 bits per heavy atom. The molecule has 34 heavy (non-hydrogen) atoms. The first-order chi connectivity index (χ1) is 16.5. The van der Waals surface area contributed by atoms with Gasteiger partial charge < -0.3 is 43.3 Å². The SMILES string of the molecule is COCC(COC)OCC(COC(COC)COC)OCC(=O)NCCCCO/N=C/C(C)=O. The van der Waals surface area contributed by atoms with Crippen LogP contribution >= 0.6 is 0 Å². The summed E-state index contributed by atoms with van der Waals surface area (Å²) in [7, 11) is 6.33. The molecule has 0 aromatic heterocycles. The van der Waals surface area contributed by atoms with Gasteiger partial charge in [0.05, 0.1) is 39.6 Å². The number of nitrogens with zero attached hydrogens (tertiary/aromatic N) is 1. The molecule has 0 heterocycles. The van der Waals surface area contributed by atoms with E-state index in [0.717, 1.165) is 6.21 Å². The Balaban J connectivity index is 4.45. The molecule has 0 radical (unpaired) electrons. The number of ketones is 1. The van der Waals surface area contributed by atoms with Crippen LogP contribution in [-0.4, -0.2) is 124 Å². The summed E-state index contributed by atoms with van der Waals surface area (Å²) in [5.41, 5.74) is 0. The van der Waals surface area contributed by atoms with Crippen LogP contribution in [0.3, 0.4) is 0 Å². The number of oxime groups is 1. The Kier molecular flexibility index (Phi) is 22.0. The zero-order valence-corrected chi connectivity index (χ0v) is 21.1. The van der Waals surface area contributed by atoms with Crippen molar-refractivity contribution >= 4 is 17.9 Å². The molecule has 0 spiro atoms. The first-order valence-corrected chi connectivity index (χ1v) is 11.2. The van der Waals surface area contributed by atoms with Crippen molar-refractivity contribution in [2.75, 3.05) is 87.8 Å². The van der Waals surface area contributed by atoms with Gasteiger partial charge in [-0.3, -0.25) is 9.59 Å². The molecule has 0 atom stereocenters. The Morgan fingerprint density at radius 1 is 0.765 bits per heavy atom. The van der Waals surface area contributed by atoms with Crippen LogP contribution in [0.5, 0.6) is 0 Å². The lowest BCUT2D eigenvalue weighted by Gasteiger charge is -2.24. The van der Waals surface area contributed by atoms with E-state index in [-0.39, 0.29) is 43.7 Å². The normalized spacial score (nSPS) is 11.8. The van der Waals surface area contributed by atoms with Crippen LogP contribution in [0.4, 0.5) is 0 Å². The van der Waals surface area contributed by atoms with E-state index >= 15 is 0 Å². The summed E-state index contributed by atoms with van der Waals surface area (Å²) in [5.74, 6) is -0.432. The Hall–Kier alpha value is -1.67. The summed E-state index contributed by atoms with van der Waals surface area (Å²) < 4.78 is 38.0. The van der Waals surface area contributed by atoms with Gasteiger partial charge in [-0.05, 0) is 12.8 Å². The Bertz CT molecular complexity index is 504. The maximum Gasteiger partial charge on any atom is 0.246 e. The maximum absolute atomic E-state index is 12.2. The van der Waals surface area contributed by atoms with Crippen LogP contribution in [0, 0.1) is 0 Å². The van der Waals surface area contributed by atoms with E-state index in [0.29, 0.717) is 52.4 Å². The number of nitrogens with one attached hydrogen (secondary N) is 1. The van der Waals surface area contributed by atoms with Crippen LogP contribution in [0.25, 0.3) is 0 Å². The second kappa shape index (κ2) is 23.1. The molecule has 0 aromatic rings. The van der Waals surface area contributed by atoms with Gasteiger partial charge in [-0.2, -0.15) is 0 Å². The minimum absolute atomic E-state index is 0.144. The molecule has 0 saturated heterocycles. The monoisotopic (exact) mass is 494 g/mol. The maximum atomic E-state index is 12.2. The molecular weight excluding hydrogens is 452 g/mol. The van der Waals surface area contributed by atoms with E-state index in [1.165, 1.54) is 6.92 Å². The fraction of sp³-hybridized carbons (Fsp3) is 0.864. The van der Waals surface area contributed by atoms with Gasteiger partial charge >= 0.3 is 0 Å². The van der Waals surface area contributed by atoms with E-state index in [9.17, 15) is 9.59 Å². The van der Waals surface area contributed by atoms with Crippen molar-refractivity contribution in [1.29, 1.82) is 0 Å². The van der Waals surface area contributed by atoms with Crippen molar-refractivity contribution in [3.05, 3.63) is 0 Å². The lowest BCUT2D eigenvalue weighted by molar-refractivity contribution is -0.140. The van der Waals surface area contributed by atoms with E-state index in [1.54, 1.807) is 28.4 Å². The van der Waals surface area contributed by atoms with E-state index in [4.69, 9.17) is 38.0 Å². The minimum atomic E-state index is -0.495. The standard InChI is InChI=1S/C22H42N2O10/c1-18(25)10-24-34-9-7-6-8-23-22(26)17-33-21(15-31-19(11-27-2)12-28-3)16-32-20(13-29-4)14-30-5/h10,19-21H,6-9,11-17H2,1-5H3,(H,23,26)/b24-10+. The van der Waals surface area contributed by atoms with Gasteiger partial charge in [-0.1, -0.05) is 5.16 Å². The number of carbonyl (C=O) groups is 2. The summed E-state index contributed by atoms with van der Waals surface area (Å²) in [5, 5.41) is 6.31. The fourth-order valence-corrected chi connectivity index (χ4v) is 2.59. The van der Waals surface area contributed by atoms with Crippen LogP contribution in [0.1, 0.15) is 19.8 Å². The van der Waals surface area contributed by atoms with Crippen LogP contribution in [0.2, 0.25) is 0 Å². The quantitative estimate of drug-likeness (QED) is 0.113. The van der Waals surface area contributed by atoms with E-state index < -0.39 is 6.10 Å². The van der Waals surface area contributed by atoms with Crippen molar-refractivity contribution in [2.45, 2.75) is 38.1 Å². The minimum Gasteiger partial charge on any atom is -0.396 e. The van der Waals surface area contributed by atoms with Crippen molar-refractivity contribution in [3.8, 4) is 0 Å². The average molecular weight is 495 g/mol. The predicted octanol–water partition coefficient (Wildman–Crippen LogP) is 0.215. The molecule has 0 aliphatic rings. The summed E-state index contributed by atoms with van der Waals surface area (Å²) in [6, 6.07) is 0. The third kappa shape index (κ3) is 19.8. The molecule has 1 amide bonds. The molecule has 0 aromatic carbocycles. The van der Waals surface area contributed by atoms with E-state index in [2.05, 4.69) is 10.5 Å². The predicted molar refractivity (Wildman–Crippen MR) is 124 cm³/mol. The van der Waals surface area contributed by atoms with Crippen LogP contribution in [-0.2, 0) is 47.6 Å². The molecule has 0 unspecified atom stereocenters. The molecule has 0 fully saturated rings. The van der Waals surface area contributed by atoms with Gasteiger partial charge in [0.15, 0.2) is 5.78 Å². The molecule has 0 saturated carbocycles. The Morgan fingerprint density at radius 2 is 1.26 bits per heavy atom. The summed E-state index contributed by atoms with van der Waals surface area (Å²) >= 11 is 0. The number of unbranched alkanes of at least 4 members (excludes halogenated alkanes) is 1. The fourth-order valence-electron chi connectivity index (χ4n) is 2.59. The zero-order chi connectivity index (χ0) is 25.4. The Labute approximate surface area is 202 Å². The molecule has 1 N–H and O–H groups in total. The average Bonchev–Trinajstić information content (AvgIpc) is 2.80. The highest BCUT2D eigenvalue weighted by molar-refractivity contribution is 6.26. The lowest BCUT2D eigenvalue weighted by atomic mass is 10.3. The number of hydrogen-bond acceptors (Lipinski definition) is 11. The number of rotatable bonds is 24. The topological polar surface area (TPSA) is 132 Å². The first-order valence-electron chi connectivity index (χ1n) is 11.2. The number of carbonyl (C=O) groups excluding carboxylic acids is 2. The van der Waals surface area contributed by atoms with Crippen LogP contribution < -0.4 is 5.32 Å². The number of hydrogen-bond donors (Lipinski definition) is 1. The highest BCUT2D eigenvalue weighted by atomic mass is 16.6. The van der Waals surface area contributed by atoms with Crippen molar-refractivity contribution in [3.63, 3.8) is 0 Å². The van der Waals surface area contributed by atoms with Crippen molar-refractivity contribution in [2.24, 2.45) is 5.16 Å². The molecule has 0 bridgehead atoms. The largest absolute Gasteiger partial charge is 0.396 e. The van der Waals surface area contributed by atoms with Crippen LogP contribution in [0.15, 0.2) is 5.16 Å². The molecule has 0 aliphatic heterocycles. The molecule has 12 nitrogen and oxygen atoms in total. The third-order valence-corrected chi connectivity index (χ3v) is 4.19. The summed E-state index contributed by atoms with van der Waals surface area (Å²) in [4.78, 5) is 27.8. The molecule has 0 aliphatic carbocycles. The molecule has 0 rings (SSSR count). The smallest absolute Gasteiger partial charge is 0.246 e. The second-order valence-electron chi connectivity index (χ2n) is 7.40. The van der Waals surface area contributed by atoms with Crippen molar-refractivity contribution < 1.29 is 47.6 Å². The highest BCUT2D eigenvalue weighted by Gasteiger charge is 2.19. The number of amides is 1.